The molecule has 5 nitrogen and oxygen atoms in total. The molecule has 0 saturated carbocycles. The monoisotopic (exact) mass is 260 g/mol. The average Bonchev–Trinajstić information content (AvgIpc) is 1.14. The molecule has 0 radical (unpaired) electrons. The van der Waals surface area contributed by atoms with E-state index in [1.807, 2.05) is 0 Å². The quantitative estimate of drug-likeness (QED) is 0.462. The second-order valence-electron chi connectivity index (χ2n) is 1.48. The first-order chi connectivity index (χ1) is 3.71. The molecule has 0 atom stereocenters. The summed E-state index contributed by atoms with van der Waals surface area (Å²) in [4.78, 5) is 0. The van der Waals surface area contributed by atoms with E-state index in [-0.39, 0.29) is 35.8 Å². The van der Waals surface area contributed by atoms with Crippen molar-refractivity contribution in [3.8, 4) is 0 Å². The Morgan fingerprint density at radius 3 is 1.09 bits per heavy atom. The van der Waals surface area contributed by atoms with Crippen LogP contribution in [0.25, 0.3) is 0 Å². The molecule has 0 spiro atoms. The van der Waals surface area contributed by atoms with E-state index in [0.717, 1.165) is 0 Å². The minimum atomic E-state index is -3.87. The van der Waals surface area contributed by atoms with Crippen molar-refractivity contribution in [2.45, 2.75) is 0 Å². The van der Waals surface area contributed by atoms with Crippen molar-refractivity contribution >= 4 is 20.2 Å². The molecule has 0 N–H and O–H groups in total. The molecule has 0 amide bonds. The Morgan fingerprint density at radius 1 is 0.909 bits per heavy atom. The van der Waals surface area contributed by atoms with Gasteiger partial charge in [-0.05, 0) is 0 Å². The van der Waals surface area contributed by atoms with Crippen LogP contribution >= 0.6 is 0 Å². The Hall–Kier alpha value is 0.937. The van der Waals surface area contributed by atoms with Crippen molar-refractivity contribution in [2.24, 2.45) is 0 Å². The van der Waals surface area contributed by atoms with Crippen LogP contribution in [0.2, 0.25) is 0 Å². The summed E-state index contributed by atoms with van der Waals surface area (Å²) in [6.07, 6.45) is 1.32. The molecule has 0 unspecified atom stereocenters. The summed E-state index contributed by atoms with van der Waals surface area (Å²) in [6.45, 7) is 0. The van der Waals surface area contributed by atoms with Crippen LogP contribution in [0.15, 0.2) is 0 Å². The Labute approximate surface area is 88.7 Å². The van der Waals surface area contributed by atoms with E-state index < -0.39 is 20.2 Å². The Bertz CT molecular complexity index is 248. The van der Waals surface area contributed by atoms with Gasteiger partial charge in [0.05, 0.1) is 12.5 Å². The Morgan fingerprint density at radius 2 is 1.09 bits per heavy atom. The second kappa shape index (κ2) is 5.56. The molecule has 0 aromatic heterocycles. The molecule has 0 saturated heterocycles. The minimum Gasteiger partial charge on any atom is -1.00 e. The molecule has 11 heavy (non-hydrogen) atoms. The number of halogens is 1. The van der Waals surface area contributed by atoms with Crippen molar-refractivity contribution in [3.63, 3.8) is 0 Å². The third kappa shape index (κ3) is 18.2. The first-order valence-corrected chi connectivity index (χ1v) is 5.45. The van der Waals surface area contributed by atoms with Crippen LogP contribution in [0.4, 0.5) is 0 Å². The summed E-state index contributed by atoms with van der Waals surface area (Å²) in [5, 5.41) is 0. The van der Waals surface area contributed by atoms with Gasteiger partial charge >= 0.3 is 18.9 Å². The standard InChI is InChI=1S/C2H6O5S2.BrH.Li/c1-8(3,4)7-9(2,5)6;;/h1-2H3;1H;/q;;+1/p-1. The first kappa shape index (κ1) is 17.9. The van der Waals surface area contributed by atoms with Crippen LogP contribution in [0, 0.1) is 0 Å². The topological polar surface area (TPSA) is 77.5 Å². The zero-order valence-electron chi connectivity index (χ0n) is 6.24. The molecular weight excluding hydrogens is 255 g/mol. The first-order valence-electron chi connectivity index (χ1n) is 1.82. The largest absolute Gasteiger partial charge is 1.00 e. The van der Waals surface area contributed by atoms with Crippen molar-refractivity contribution in [2.75, 3.05) is 12.5 Å². The summed E-state index contributed by atoms with van der Waals surface area (Å²) in [5.41, 5.74) is 0. The average molecular weight is 261 g/mol. The second-order valence-corrected chi connectivity index (χ2v) is 4.84. The number of hydrogen-bond acceptors (Lipinski definition) is 5. The molecule has 0 aliphatic carbocycles. The van der Waals surface area contributed by atoms with E-state index in [2.05, 4.69) is 3.63 Å². The van der Waals surface area contributed by atoms with Crippen molar-refractivity contribution in [1.29, 1.82) is 0 Å². The van der Waals surface area contributed by atoms with Gasteiger partial charge in [-0.25, -0.2) is 0 Å². The number of rotatable bonds is 2. The van der Waals surface area contributed by atoms with E-state index >= 15 is 0 Å². The SMILES string of the molecule is CS(=O)(=O)OS(C)(=O)=O.[Br-].[Li+]. The Kier molecular flexibility index (Phi) is 9.04. The fraction of sp³-hybridized carbons (Fsp3) is 1.00. The molecular formula is C2H6BrLiO5S2. The third-order valence-corrected chi connectivity index (χ3v) is 2.22. The minimum absolute atomic E-state index is 0. The summed E-state index contributed by atoms with van der Waals surface area (Å²) in [7, 11) is -7.74. The van der Waals surface area contributed by atoms with Crippen LogP contribution in [-0.4, -0.2) is 29.3 Å². The van der Waals surface area contributed by atoms with Crippen molar-refractivity contribution < 1.29 is 56.3 Å². The molecule has 0 aliphatic rings. The summed E-state index contributed by atoms with van der Waals surface area (Å²) in [5.74, 6) is 0. The zero-order chi connectivity index (χ0) is 7.71. The van der Waals surface area contributed by atoms with Crippen molar-refractivity contribution in [3.05, 3.63) is 0 Å². The van der Waals surface area contributed by atoms with Gasteiger partial charge in [-0.15, -0.1) is 3.63 Å². The van der Waals surface area contributed by atoms with Gasteiger partial charge < -0.3 is 17.0 Å². The van der Waals surface area contributed by atoms with Gasteiger partial charge in [0.2, 0.25) is 0 Å². The molecule has 0 heterocycles. The van der Waals surface area contributed by atoms with Crippen LogP contribution < -0.4 is 35.8 Å². The van der Waals surface area contributed by atoms with Gasteiger partial charge in [0, 0.05) is 0 Å². The van der Waals surface area contributed by atoms with E-state index in [1.54, 1.807) is 0 Å². The zero-order valence-corrected chi connectivity index (χ0v) is 9.45. The van der Waals surface area contributed by atoms with E-state index in [9.17, 15) is 16.8 Å². The molecule has 64 valence electrons. The van der Waals surface area contributed by atoms with Gasteiger partial charge in [0.25, 0.3) is 20.2 Å². The van der Waals surface area contributed by atoms with Crippen LogP contribution in [0.1, 0.15) is 0 Å². The smallest absolute Gasteiger partial charge is 1.00 e. The van der Waals surface area contributed by atoms with E-state index in [0.29, 0.717) is 12.5 Å². The molecule has 0 fully saturated rings. The molecule has 0 aliphatic heterocycles. The maximum Gasteiger partial charge on any atom is 1.00 e. The van der Waals surface area contributed by atoms with Gasteiger partial charge in [0.1, 0.15) is 0 Å². The van der Waals surface area contributed by atoms with Gasteiger partial charge in [-0.1, -0.05) is 0 Å². The van der Waals surface area contributed by atoms with Gasteiger partial charge in [0.15, 0.2) is 0 Å². The fourth-order valence-electron chi connectivity index (χ4n) is 0.225. The maximum absolute atomic E-state index is 10.0. The third-order valence-electron chi connectivity index (χ3n) is 0.247. The van der Waals surface area contributed by atoms with E-state index in [4.69, 9.17) is 0 Å². The van der Waals surface area contributed by atoms with Crippen LogP contribution in [0.5, 0.6) is 0 Å². The number of hydrogen-bond donors (Lipinski definition) is 0. The normalized spacial score (nSPS) is 11.1. The predicted molar refractivity (Wildman–Crippen MR) is 30.8 cm³/mol. The fourth-order valence-corrected chi connectivity index (χ4v) is 2.02. The molecule has 0 aromatic carbocycles. The summed E-state index contributed by atoms with van der Waals surface area (Å²) in [6, 6.07) is 0. The predicted octanol–water partition coefficient (Wildman–Crippen LogP) is -7.07. The van der Waals surface area contributed by atoms with Gasteiger partial charge in [-0.2, -0.15) is 16.8 Å². The van der Waals surface area contributed by atoms with Crippen LogP contribution in [-0.2, 0) is 23.9 Å². The van der Waals surface area contributed by atoms with Crippen LogP contribution in [0.3, 0.4) is 0 Å². The summed E-state index contributed by atoms with van der Waals surface area (Å²) < 4.78 is 43.8. The molecule has 9 heteroatoms. The molecule has 0 aromatic rings. The Balaban J connectivity index is -0.000000320. The maximum atomic E-state index is 10.0. The molecule has 0 bridgehead atoms. The molecule has 0 rings (SSSR count). The van der Waals surface area contributed by atoms with E-state index in [1.165, 1.54) is 0 Å². The van der Waals surface area contributed by atoms with Gasteiger partial charge in [-0.3, -0.25) is 0 Å². The van der Waals surface area contributed by atoms with Crippen molar-refractivity contribution in [1.82, 2.24) is 0 Å². The summed E-state index contributed by atoms with van der Waals surface area (Å²) >= 11 is 0.